The highest BCUT2D eigenvalue weighted by Gasteiger charge is 2.21. The second-order valence-electron chi connectivity index (χ2n) is 5.22. The lowest BCUT2D eigenvalue weighted by molar-refractivity contribution is 0.163. The zero-order valence-electron chi connectivity index (χ0n) is 12.2. The summed E-state index contributed by atoms with van der Waals surface area (Å²) in [6.45, 7) is 6.76. The van der Waals surface area contributed by atoms with Crippen LogP contribution in [0.2, 0.25) is 0 Å². The highest BCUT2D eigenvalue weighted by Crippen LogP contribution is 2.29. The number of benzene rings is 1. The summed E-state index contributed by atoms with van der Waals surface area (Å²) in [5.41, 5.74) is 1.40. The average Bonchev–Trinajstić information content (AvgIpc) is 2.49. The van der Waals surface area contributed by atoms with Crippen LogP contribution in [0.3, 0.4) is 0 Å². The first kappa shape index (κ1) is 14.4. The smallest absolute Gasteiger partial charge is 0.119 e. The fraction of sp³-hybridized carbons (Fsp3) is 0.625. The second kappa shape index (κ2) is 7.51. The summed E-state index contributed by atoms with van der Waals surface area (Å²) in [5, 5.41) is 3.43. The van der Waals surface area contributed by atoms with Gasteiger partial charge < -0.3 is 10.1 Å². The van der Waals surface area contributed by atoms with E-state index >= 15 is 0 Å². The number of methoxy groups -OCH3 is 1. The first-order valence-electron chi connectivity index (χ1n) is 7.44. The Morgan fingerprint density at radius 3 is 2.79 bits per heavy atom. The minimum absolute atomic E-state index is 0.539. The molecule has 1 aromatic rings. The Balaban J connectivity index is 2.14. The van der Waals surface area contributed by atoms with E-state index in [0.29, 0.717) is 6.04 Å². The molecule has 1 heterocycles. The molecule has 0 saturated carbocycles. The lowest BCUT2D eigenvalue weighted by Crippen LogP contribution is -2.45. The van der Waals surface area contributed by atoms with Crippen LogP contribution in [0.5, 0.6) is 5.75 Å². The van der Waals surface area contributed by atoms with Crippen molar-refractivity contribution in [1.29, 1.82) is 0 Å². The number of ether oxygens (including phenoxy) is 1. The molecule has 3 heteroatoms. The van der Waals surface area contributed by atoms with E-state index in [1.165, 1.54) is 24.8 Å². The Hall–Kier alpha value is -1.06. The number of piperazine rings is 1. The molecule has 1 fully saturated rings. The van der Waals surface area contributed by atoms with Crippen LogP contribution >= 0.6 is 0 Å². The lowest BCUT2D eigenvalue weighted by atomic mass is 9.98. The third-order valence-electron chi connectivity index (χ3n) is 3.90. The molecule has 0 bridgehead atoms. The van der Waals surface area contributed by atoms with Gasteiger partial charge in [-0.05, 0) is 24.1 Å². The molecule has 0 amide bonds. The lowest BCUT2D eigenvalue weighted by Gasteiger charge is -2.35. The van der Waals surface area contributed by atoms with Crippen LogP contribution in [-0.4, -0.2) is 38.2 Å². The van der Waals surface area contributed by atoms with Crippen molar-refractivity contribution in [1.82, 2.24) is 10.2 Å². The van der Waals surface area contributed by atoms with Crippen molar-refractivity contribution in [3.05, 3.63) is 29.8 Å². The highest BCUT2D eigenvalue weighted by molar-refractivity contribution is 5.30. The molecule has 0 radical (unpaired) electrons. The number of hydrogen-bond acceptors (Lipinski definition) is 3. The van der Waals surface area contributed by atoms with Crippen molar-refractivity contribution >= 4 is 0 Å². The van der Waals surface area contributed by atoms with Crippen molar-refractivity contribution in [3.8, 4) is 5.75 Å². The van der Waals surface area contributed by atoms with Crippen LogP contribution in [0.1, 0.15) is 37.8 Å². The molecule has 19 heavy (non-hydrogen) atoms. The van der Waals surface area contributed by atoms with E-state index in [1.807, 2.05) is 6.07 Å². The molecule has 1 N–H and O–H groups in total. The molecule has 1 aliphatic rings. The molecular formula is C16H26N2O. The van der Waals surface area contributed by atoms with Crippen LogP contribution in [0, 0.1) is 0 Å². The number of hydrogen-bond donors (Lipinski definition) is 1. The third-order valence-corrected chi connectivity index (χ3v) is 3.90. The fourth-order valence-corrected chi connectivity index (χ4v) is 2.80. The van der Waals surface area contributed by atoms with Gasteiger partial charge in [-0.25, -0.2) is 0 Å². The predicted molar refractivity (Wildman–Crippen MR) is 79.7 cm³/mol. The molecular weight excluding hydrogens is 236 g/mol. The SMILES string of the molecule is CCCC[C@@H](c1cccc(OC)c1)N1CCNCC1. The molecule has 1 saturated heterocycles. The largest absolute Gasteiger partial charge is 0.497 e. The van der Waals surface area contributed by atoms with E-state index in [-0.39, 0.29) is 0 Å². The molecule has 106 valence electrons. The number of rotatable bonds is 6. The van der Waals surface area contributed by atoms with E-state index in [9.17, 15) is 0 Å². The van der Waals surface area contributed by atoms with Gasteiger partial charge in [-0.2, -0.15) is 0 Å². The number of nitrogens with one attached hydrogen (secondary N) is 1. The monoisotopic (exact) mass is 262 g/mol. The maximum absolute atomic E-state index is 5.37. The molecule has 0 aromatic heterocycles. The topological polar surface area (TPSA) is 24.5 Å². The predicted octanol–water partition coefficient (Wildman–Crippen LogP) is 2.83. The molecule has 1 aliphatic heterocycles. The molecule has 0 unspecified atom stereocenters. The van der Waals surface area contributed by atoms with Crippen LogP contribution in [0.25, 0.3) is 0 Å². The van der Waals surface area contributed by atoms with Gasteiger partial charge in [-0.3, -0.25) is 4.90 Å². The maximum Gasteiger partial charge on any atom is 0.119 e. The summed E-state index contributed by atoms with van der Waals surface area (Å²) < 4.78 is 5.37. The molecule has 0 aliphatic carbocycles. The normalized spacial score (nSPS) is 18.2. The van der Waals surface area contributed by atoms with Crippen LogP contribution in [0.4, 0.5) is 0 Å². The summed E-state index contributed by atoms with van der Waals surface area (Å²) >= 11 is 0. The first-order valence-corrected chi connectivity index (χ1v) is 7.44. The van der Waals surface area contributed by atoms with Gasteiger partial charge in [0.05, 0.1) is 7.11 Å². The summed E-state index contributed by atoms with van der Waals surface area (Å²) in [6, 6.07) is 9.11. The Morgan fingerprint density at radius 2 is 2.11 bits per heavy atom. The van der Waals surface area contributed by atoms with E-state index in [1.54, 1.807) is 7.11 Å². The van der Waals surface area contributed by atoms with Gasteiger partial charge in [0.2, 0.25) is 0 Å². The number of unbranched alkanes of at least 4 members (excludes halogenated alkanes) is 1. The van der Waals surface area contributed by atoms with E-state index in [0.717, 1.165) is 31.9 Å². The summed E-state index contributed by atoms with van der Waals surface area (Å²) in [6.07, 6.45) is 3.78. The van der Waals surface area contributed by atoms with E-state index in [2.05, 4.69) is 35.3 Å². The Morgan fingerprint density at radius 1 is 1.32 bits per heavy atom. The van der Waals surface area contributed by atoms with Gasteiger partial charge in [-0.15, -0.1) is 0 Å². The molecule has 1 atom stereocenters. The summed E-state index contributed by atoms with van der Waals surface area (Å²) in [4.78, 5) is 2.61. The average molecular weight is 262 g/mol. The first-order chi connectivity index (χ1) is 9.35. The van der Waals surface area contributed by atoms with Gasteiger partial charge in [0.15, 0.2) is 0 Å². The summed E-state index contributed by atoms with van der Waals surface area (Å²) in [7, 11) is 1.74. The van der Waals surface area contributed by atoms with Gasteiger partial charge in [0.1, 0.15) is 5.75 Å². The molecule has 3 nitrogen and oxygen atoms in total. The highest BCUT2D eigenvalue weighted by atomic mass is 16.5. The van der Waals surface area contributed by atoms with Gasteiger partial charge in [-0.1, -0.05) is 31.9 Å². The summed E-state index contributed by atoms with van der Waals surface area (Å²) in [5.74, 6) is 0.967. The minimum atomic E-state index is 0.539. The zero-order valence-corrected chi connectivity index (χ0v) is 12.2. The Labute approximate surface area is 116 Å². The minimum Gasteiger partial charge on any atom is -0.497 e. The fourth-order valence-electron chi connectivity index (χ4n) is 2.80. The van der Waals surface area contributed by atoms with Crippen molar-refractivity contribution in [2.24, 2.45) is 0 Å². The van der Waals surface area contributed by atoms with Crippen molar-refractivity contribution in [2.75, 3.05) is 33.3 Å². The van der Waals surface area contributed by atoms with Gasteiger partial charge in [0, 0.05) is 32.2 Å². The quantitative estimate of drug-likeness (QED) is 0.853. The zero-order chi connectivity index (χ0) is 13.5. The van der Waals surface area contributed by atoms with Crippen LogP contribution < -0.4 is 10.1 Å². The van der Waals surface area contributed by atoms with E-state index < -0.39 is 0 Å². The molecule has 1 aromatic carbocycles. The van der Waals surface area contributed by atoms with Crippen molar-refractivity contribution in [2.45, 2.75) is 32.2 Å². The second-order valence-corrected chi connectivity index (χ2v) is 5.22. The van der Waals surface area contributed by atoms with Crippen molar-refractivity contribution < 1.29 is 4.74 Å². The number of nitrogens with zero attached hydrogens (tertiary/aromatic N) is 1. The van der Waals surface area contributed by atoms with E-state index in [4.69, 9.17) is 4.74 Å². The standard InChI is InChI=1S/C16H26N2O/c1-3-4-8-16(18-11-9-17-10-12-18)14-6-5-7-15(13-14)19-2/h5-7,13,16-17H,3-4,8-12H2,1-2H3/t16-/m0/s1. The van der Waals surface area contributed by atoms with Gasteiger partial charge in [0.25, 0.3) is 0 Å². The molecule has 2 rings (SSSR count). The van der Waals surface area contributed by atoms with Crippen LogP contribution in [0.15, 0.2) is 24.3 Å². The Kier molecular flexibility index (Phi) is 5.67. The maximum atomic E-state index is 5.37. The Bertz CT molecular complexity index is 375. The third kappa shape index (κ3) is 3.95. The van der Waals surface area contributed by atoms with Crippen molar-refractivity contribution in [3.63, 3.8) is 0 Å². The van der Waals surface area contributed by atoms with Gasteiger partial charge >= 0.3 is 0 Å². The van der Waals surface area contributed by atoms with Crippen LogP contribution in [-0.2, 0) is 0 Å². The molecule has 0 spiro atoms.